The summed E-state index contributed by atoms with van der Waals surface area (Å²) in [5.74, 6) is 0. The Bertz CT molecular complexity index is 280. The Morgan fingerprint density at radius 1 is 1.54 bits per heavy atom. The van der Waals surface area contributed by atoms with Crippen molar-refractivity contribution in [1.29, 1.82) is 0 Å². The summed E-state index contributed by atoms with van der Waals surface area (Å²) in [5, 5.41) is 9.16. The van der Waals surface area contributed by atoms with Gasteiger partial charge in [0.25, 0.3) is 0 Å². The van der Waals surface area contributed by atoms with Crippen molar-refractivity contribution in [1.82, 2.24) is 0 Å². The number of rotatable bonds is 3. The van der Waals surface area contributed by atoms with Gasteiger partial charge in [0.15, 0.2) is 0 Å². The van der Waals surface area contributed by atoms with Crippen molar-refractivity contribution in [2.75, 3.05) is 6.61 Å². The van der Waals surface area contributed by atoms with Gasteiger partial charge in [0.2, 0.25) is 0 Å². The molecular weight excluding hydrogens is 182 g/mol. The molecular formula is C10H17NOS. The molecule has 0 saturated carbocycles. The van der Waals surface area contributed by atoms with Gasteiger partial charge in [-0.15, -0.1) is 11.3 Å². The lowest BCUT2D eigenvalue weighted by Gasteiger charge is -2.28. The molecule has 0 radical (unpaired) electrons. The number of hydrogen-bond acceptors (Lipinski definition) is 3. The summed E-state index contributed by atoms with van der Waals surface area (Å²) in [5.41, 5.74) is 5.81. The predicted octanol–water partition coefficient (Wildman–Crippen LogP) is 2.07. The molecule has 0 aliphatic rings. The van der Waals surface area contributed by atoms with Gasteiger partial charge in [0.1, 0.15) is 0 Å². The number of aliphatic hydroxyl groups excluding tert-OH is 1. The molecule has 13 heavy (non-hydrogen) atoms. The topological polar surface area (TPSA) is 46.2 Å². The van der Waals surface area contributed by atoms with E-state index in [0.717, 1.165) is 4.88 Å². The van der Waals surface area contributed by atoms with E-state index in [9.17, 15) is 0 Å². The molecule has 1 aromatic heterocycles. The maximum absolute atomic E-state index is 9.16. The number of thiophene rings is 1. The fourth-order valence-electron chi connectivity index (χ4n) is 1.10. The first-order valence-electron chi connectivity index (χ1n) is 4.40. The van der Waals surface area contributed by atoms with E-state index < -0.39 is 0 Å². The number of hydrogen-bond donors (Lipinski definition) is 2. The normalized spacial score (nSPS) is 14.5. The van der Waals surface area contributed by atoms with Crippen molar-refractivity contribution in [3.05, 3.63) is 21.9 Å². The third-order valence-corrected chi connectivity index (χ3v) is 3.40. The predicted molar refractivity (Wildman–Crippen MR) is 56.9 cm³/mol. The fraction of sp³-hybridized carbons (Fsp3) is 0.600. The van der Waals surface area contributed by atoms with E-state index in [2.05, 4.69) is 13.0 Å². The van der Waals surface area contributed by atoms with Gasteiger partial charge in [-0.3, -0.25) is 0 Å². The molecule has 2 nitrogen and oxygen atoms in total. The standard InChI is InChI=1S/C10H17NOS/c1-7-4-5-8(13-7)9(11)10(2,3)6-12/h4-5,9,12H,6,11H2,1-3H3. The van der Waals surface area contributed by atoms with E-state index in [1.54, 1.807) is 11.3 Å². The van der Waals surface area contributed by atoms with Gasteiger partial charge in [-0.1, -0.05) is 13.8 Å². The molecule has 0 bridgehead atoms. The van der Waals surface area contributed by atoms with E-state index in [0.29, 0.717) is 0 Å². The molecule has 0 spiro atoms. The van der Waals surface area contributed by atoms with Gasteiger partial charge in [0.05, 0.1) is 6.61 Å². The van der Waals surface area contributed by atoms with Crippen molar-refractivity contribution in [2.45, 2.75) is 26.8 Å². The summed E-state index contributed by atoms with van der Waals surface area (Å²) in [7, 11) is 0. The quantitative estimate of drug-likeness (QED) is 0.783. The van der Waals surface area contributed by atoms with Crippen LogP contribution < -0.4 is 5.73 Å². The van der Waals surface area contributed by atoms with Crippen molar-refractivity contribution < 1.29 is 5.11 Å². The minimum Gasteiger partial charge on any atom is -0.396 e. The molecule has 0 amide bonds. The first kappa shape index (κ1) is 10.7. The van der Waals surface area contributed by atoms with Crippen LogP contribution in [-0.4, -0.2) is 11.7 Å². The maximum Gasteiger partial charge on any atom is 0.0500 e. The molecule has 0 aliphatic carbocycles. The highest BCUT2D eigenvalue weighted by atomic mass is 32.1. The van der Waals surface area contributed by atoms with Gasteiger partial charge in [-0.05, 0) is 19.1 Å². The van der Waals surface area contributed by atoms with E-state index in [4.69, 9.17) is 10.8 Å². The first-order chi connectivity index (χ1) is 5.97. The monoisotopic (exact) mass is 199 g/mol. The van der Waals surface area contributed by atoms with Crippen molar-refractivity contribution >= 4 is 11.3 Å². The molecule has 0 aliphatic heterocycles. The van der Waals surface area contributed by atoms with E-state index >= 15 is 0 Å². The second-order valence-electron chi connectivity index (χ2n) is 4.07. The van der Waals surface area contributed by atoms with Crippen LogP contribution in [0.25, 0.3) is 0 Å². The molecule has 3 heteroatoms. The van der Waals surface area contributed by atoms with Gasteiger partial charge >= 0.3 is 0 Å². The molecule has 0 saturated heterocycles. The Morgan fingerprint density at radius 3 is 2.54 bits per heavy atom. The zero-order chi connectivity index (χ0) is 10.1. The lowest BCUT2D eigenvalue weighted by Crippen LogP contribution is -2.31. The smallest absolute Gasteiger partial charge is 0.0500 e. The lowest BCUT2D eigenvalue weighted by atomic mass is 9.85. The average Bonchev–Trinajstić information content (AvgIpc) is 2.50. The van der Waals surface area contributed by atoms with Crippen LogP contribution in [0.1, 0.15) is 29.6 Å². The molecule has 1 heterocycles. The molecule has 0 fully saturated rings. The van der Waals surface area contributed by atoms with Crippen LogP contribution in [0.3, 0.4) is 0 Å². The Kier molecular flexibility index (Phi) is 3.11. The summed E-state index contributed by atoms with van der Waals surface area (Å²) in [4.78, 5) is 2.41. The summed E-state index contributed by atoms with van der Waals surface area (Å²) < 4.78 is 0. The number of aliphatic hydroxyl groups is 1. The highest BCUT2D eigenvalue weighted by Gasteiger charge is 2.27. The minimum atomic E-state index is -0.239. The molecule has 1 aromatic rings. The molecule has 3 N–H and O–H groups in total. The van der Waals surface area contributed by atoms with Crippen LogP contribution in [0.2, 0.25) is 0 Å². The zero-order valence-electron chi connectivity index (χ0n) is 8.37. The Balaban J connectivity index is 2.84. The zero-order valence-corrected chi connectivity index (χ0v) is 9.19. The fourth-order valence-corrected chi connectivity index (χ4v) is 2.19. The Hall–Kier alpha value is -0.380. The molecule has 1 unspecified atom stereocenters. The van der Waals surface area contributed by atoms with Crippen LogP contribution >= 0.6 is 11.3 Å². The second kappa shape index (κ2) is 3.78. The van der Waals surface area contributed by atoms with Gasteiger partial charge in [-0.2, -0.15) is 0 Å². The molecule has 74 valence electrons. The van der Waals surface area contributed by atoms with Crippen LogP contribution in [-0.2, 0) is 0 Å². The first-order valence-corrected chi connectivity index (χ1v) is 5.22. The third-order valence-electron chi connectivity index (χ3n) is 2.32. The summed E-state index contributed by atoms with van der Waals surface area (Å²) in [6.45, 7) is 6.14. The summed E-state index contributed by atoms with van der Waals surface area (Å²) in [6, 6.07) is 4.03. The Morgan fingerprint density at radius 2 is 2.15 bits per heavy atom. The molecule has 1 rings (SSSR count). The number of aryl methyl sites for hydroxylation is 1. The van der Waals surface area contributed by atoms with Crippen LogP contribution in [0.4, 0.5) is 0 Å². The highest BCUT2D eigenvalue weighted by Crippen LogP contribution is 2.34. The van der Waals surface area contributed by atoms with Crippen LogP contribution in [0.15, 0.2) is 12.1 Å². The van der Waals surface area contributed by atoms with E-state index in [1.807, 2.05) is 19.9 Å². The summed E-state index contributed by atoms with van der Waals surface area (Å²) in [6.07, 6.45) is 0. The van der Waals surface area contributed by atoms with Gasteiger partial charge in [-0.25, -0.2) is 0 Å². The van der Waals surface area contributed by atoms with Crippen LogP contribution in [0.5, 0.6) is 0 Å². The molecule has 0 aromatic carbocycles. The molecule has 1 atom stereocenters. The van der Waals surface area contributed by atoms with Crippen molar-refractivity contribution in [3.63, 3.8) is 0 Å². The van der Waals surface area contributed by atoms with Crippen molar-refractivity contribution in [3.8, 4) is 0 Å². The SMILES string of the molecule is Cc1ccc(C(N)C(C)(C)CO)s1. The number of nitrogens with two attached hydrogens (primary N) is 1. The van der Waals surface area contributed by atoms with E-state index in [1.165, 1.54) is 4.88 Å². The largest absolute Gasteiger partial charge is 0.396 e. The Labute approximate surface area is 83.4 Å². The average molecular weight is 199 g/mol. The van der Waals surface area contributed by atoms with E-state index in [-0.39, 0.29) is 18.1 Å². The summed E-state index contributed by atoms with van der Waals surface area (Å²) >= 11 is 1.70. The van der Waals surface area contributed by atoms with Crippen LogP contribution in [0, 0.1) is 12.3 Å². The third kappa shape index (κ3) is 2.30. The van der Waals surface area contributed by atoms with Crippen molar-refractivity contribution in [2.24, 2.45) is 11.1 Å². The second-order valence-corrected chi connectivity index (χ2v) is 5.39. The van der Waals surface area contributed by atoms with Gasteiger partial charge in [0, 0.05) is 21.2 Å². The maximum atomic E-state index is 9.16. The highest BCUT2D eigenvalue weighted by molar-refractivity contribution is 7.12. The lowest BCUT2D eigenvalue weighted by molar-refractivity contribution is 0.133. The minimum absolute atomic E-state index is 0.0730. The van der Waals surface area contributed by atoms with Gasteiger partial charge < -0.3 is 10.8 Å².